The van der Waals surface area contributed by atoms with Crippen LogP contribution in [0.25, 0.3) is 0 Å². The van der Waals surface area contributed by atoms with Gasteiger partial charge in [0.05, 0.1) is 38.7 Å². The first kappa shape index (κ1) is 31.6. The number of aliphatic hydroxyl groups excluding tert-OH is 1. The summed E-state index contributed by atoms with van der Waals surface area (Å²) in [5, 5.41) is 27.8. The van der Waals surface area contributed by atoms with Crippen molar-refractivity contribution in [2.24, 2.45) is 0 Å². The Morgan fingerprint density at radius 1 is 1.05 bits per heavy atom. The normalized spacial score (nSPS) is 19.3. The Hall–Kier alpha value is -3.95. The number of nitrogens with one attached hydrogen (secondary N) is 4. The van der Waals surface area contributed by atoms with Crippen molar-refractivity contribution in [2.75, 3.05) is 46.1 Å². The van der Waals surface area contributed by atoms with Gasteiger partial charge in [-0.1, -0.05) is 5.21 Å². The van der Waals surface area contributed by atoms with Gasteiger partial charge in [0, 0.05) is 31.3 Å². The highest BCUT2D eigenvalue weighted by Gasteiger charge is 2.28. The molecule has 0 aliphatic carbocycles. The molecule has 2 atom stereocenters. The summed E-state index contributed by atoms with van der Waals surface area (Å²) in [6.07, 6.45) is 2.80. The van der Waals surface area contributed by atoms with Crippen LogP contribution in [-0.2, 0) is 36.8 Å². The first-order chi connectivity index (χ1) is 19.9. The van der Waals surface area contributed by atoms with Gasteiger partial charge in [0.1, 0.15) is 24.5 Å². The van der Waals surface area contributed by atoms with Gasteiger partial charge >= 0.3 is 0 Å². The molecule has 1 aromatic carbocycles. The number of carbonyl (C=O) groups excluding carboxylic acids is 4. The number of benzene rings is 1. The van der Waals surface area contributed by atoms with E-state index in [-0.39, 0.29) is 64.9 Å². The van der Waals surface area contributed by atoms with E-state index in [9.17, 15) is 23.6 Å². The minimum Gasteiger partial charge on any atom is -0.394 e. The predicted molar refractivity (Wildman–Crippen MR) is 142 cm³/mol. The van der Waals surface area contributed by atoms with Crippen LogP contribution in [0.2, 0.25) is 0 Å². The molecule has 0 radical (unpaired) electrons. The number of aliphatic hydroxyl groups is 1. The zero-order valence-corrected chi connectivity index (χ0v) is 22.6. The molecule has 1 saturated heterocycles. The van der Waals surface area contributed by atoms with Crippen LogP contribution in [-0.4, -0.2) is 102 Å². The Labute approximate surface area is 236 Å². The SMILES string of the molecule is O=C1COCCOCCNC(=O)[C@@H](Cc2cn(CCO)nn2)NC(=O)[C@H](CCCCNC(=O)c2ccc(F)cc2)N1. The Morgan fingerprint density at radius 2 is 1.83 bits per heavy atom. The van der Waals surface area contributed by atoms with Crippen LogP contribution >= 0.6 is 0 Å². The number of ether oxygens (including phenoxy) is 2. The van der Waals surface area contributed by atoms with Gasteiger partial charge in [-0.05, 0) is 43.5 Å². The van der Waals surface area contributed by atoms with Gasteiger partial charge in [-0.15, -0.1) is 5.10 Å². The monoisotopic (exact) mass is 577 g/mol. The van der Waals surface area contributed by atoms with Crippen molar-refractivity contribution < 1.29 is 38.1 Å². The fraction of sp³-hybridized carbons (Fsp3) is 0.538. The van der Waals surface area contributed by atoms with E-state index >= 15 is 0 Å². The number of aromatic nitrogens is 3. The van der Waals surface area contributed by atoms with Crippen molar-refractivity contribution in [1.29, 1.82) is 0 Å². The summed E-state index contributed by atoms with van der Waals surface area (Å²) >= 11 is 0. The van der Waals surface area contributed by atoms with Crippen molar-refractivity contribution in [3.63, 3.8) is 0 Å². The molecule has 3 rings (SSSR count). The maximum Gasteiger partial charge on any atom is 0.251 e. The zero-order chi connectivity index (χ0) is 29.5. The highest BCUT2D eigenvalue weighted by Crippen LogP contribution is 2.07. The fourth-order valence-corrected chi connectivity index (χ4v) is 3.97. The summed E-state index contributed by atoms with van der Waals surface area (Å²) in [4.78, 5) is 50.9. The third-order valence-corrected chi connectivity index (χ3v) is 6.08. The zero-order valence-electron chi connectivity index (χ0n) is 22.6. The highest BCUT2D eigenvalue weighted by atomic mass is 19.1. The second kappa shape index (κ2) is 17.0. The largest absolute Gasteiger partial charge is 0.394 e. The molecular formula is C26H36FN7O7. The number of halogens is 1. The van der Waals surface area contributed by atoms with Crippen molar-refractivity contribution in [3.8, 4) is 0 Å². The topological polar surface area (TPSA) is 186 Å². The summed E-state index contributed by atoms with van der Waals surface area (Å²) in [6, 6.07) is 3.18. The summed E-state index contributed by atoms with van der Waals surface area (Å²) < 4.78 is 25.2. The van der Waals surface area contributed by atoms with Gasteiger partial charge in [-0.2, -0.15) is 0 Å². The third-order valence-electron chi connectivity index (χ3n) is 6.08. The van der Waals surface area contributed by atoms with Crippen LogP contribution in [0.4, 0.5) is 4.39 Å². The number of nitrogens with zero attached hydrogens (tertiary/aromatic N) is 3. The number of carbonyl (C=O) groups is 4. The molecule has 41 heavy (non-hydrogen) atoms. The van der Waals surface area contributed by atoms with Gasteiger partial charge in [-0.3, -0.25) is 19.2 Å². The van der Waals surface area contributed by atoms with Gasteiger partial charge in [0.15, 0.2) is 0 Å². The number of amides is 4. The van der Waals surface area contributed by atoms with E-state index < -0.39 is 35.6 Å². The average Bonchev–Trinajstić information content (AvgIpc) is 3.39. The minimum absolute atomic E-state index is 0.0308. The molecule has 1 aromatic heterocycles. The second-order valence-electron chi connectivity index (χ2n) is 9.30. The quantitative estimate of drug-likeness (QED) is 0.214. The first-order valence-electron chi connectivity index (χ1n) is 13.4. The Kier molecular flexibility index (Phi) is 13.1. The van der Waals surface area contributed by atoms with Crippen LogP contribution in [0.1, 0.15) is 35.3 Å². The van der Waals surface area contributed by atoms with Crippen LogP contribution in [0.5, 0.6) is 0 Å². The van der Waals surface area contributed by atoms with E-state index in [0.29, 0.717) is 30.6 Å². The van der Waals surface area contributed by atoms with Crippen LogP contribution in [0.15, 0.2) is 30.5 Å². The lowest BCUT2D eigenvalue weighted by Gasteiger charge is -2.23. The predicted octanol–water partition coefficient (Wildman–Crippen LogP) is -1.32. The van der Waals surface area contributed by atoms with Gasteiger partial charge in [-0.25, -0.2) is 9.07 Å². The molecule has 0 spiro atoms. The molecule has 4 amide bonds. The summed E-state index contributed by atoms with van der Waals surface area (Å²) in [7, 11) is 0. The molecule has 224 valence electrons. The van der Waals surface area contributed by atoms with Crippen LogP contribution in [0, 0.1) is 5.82 Å². The molecular weight excluding hydrogens is 541 g/mol. The van der Waals surface area contributed by atoms with E-state index in [4.69, 9.17) is 14.6 Å². The van der Waals surface area contributed by atoms with Crippen LogP contribution < -0.4 is 21.3 Å². The Balaban J connectivity index is 1.62. The summed E-state index contributed by atoms with van der Waals surface area (Å²) in [6.45, 7) is 0.939. The molecule has 15 heteroatoms. The van der Waals surface area contributed by atoms with Crippen molar-refractivity contribution >= 4 is 23.6 Å². The molecule has 1 aliphatic heterocycles. The lowest BCUT2D eigenvalue weighted by Crippen LogP contribution is -2.55. The summed E-state index contributed by atoms with van der Waals surface area (Å²) in [5.41, 5.74) is 0.755. The lowest BCUT2D eigenvalue weighted by molar-refractivity contribution is -0.133. The number of rotatable bonds is 10. The molecule has 2 aromatic rings. The van der Waals surface area contributed by atoms with E-state index in [1.54, 1.807) is 6.20 Å². The van der Waals surface area contributed by atoms with Gasteiger partial charge in [0.2, 0.25) is 17.7 Å². The third kappa shape index (κ3) is 11.2. The minimum atomic E-state index is -1.02. The molecule has 0 unspecified atom stereocenters. The molecule has 14 nitrogen and oxygen atoms in total. The molecule has 5 N–H and O–H groups in total. The van der Waals surface area contributed by atoms with Crippen molar-refractivity contribution in [1.82, 2.24) is 36.3 Å². The van der Waals surface area contributed by atoms with E-state index in [2.05, 4.69) is 31.6 Å². The average molecular weight is 578 g/mol. The van der Waals surface area contributed by atoms with Gasteiger partial charge in [0.25, 0.3) is 5.91 Å². The molecule has 1 aliphatic rings. The highest BCUT2D eigenvalue weighted by molar-refractivity contribution is 5.94. The first-order valence-corrected chi connectivity index (χ1v) is 13.4. The van der Waals surface area contributed by atoms with E-state index in [1.165, 1.54) is 28.9 Å². The van der Waals surface area contributed by atoms with Crippen LogP contribution in [0.3, 0.4) is 0 Å². The Bertz CT molecular complexity index is 1150. The lowest BCUT2D eigenvalue weighted by atomic mass is 10.1. The van der Waals surface area contributed by atoms with Crippen molar-refractivity contribution in [3.05, 3.63) is 47.5 Å². The molecule has 0 saturated carbocycles. The second-order valence-corrected chi connectivity index (χ2v) is 9.30. The molecule has 0 bridgehead atoms. The maximum atomic E-state index is 13.3. The smallest absolute Gasteiger partial charge is 0.251 e. The fourth-order valence-electron chi connectivity index (χ4n) is 3.97. The van der Waals surface area contributed by atoms with E-state index in [0.717, 1.165) is 0 Å². The van der Waals surface area contributed by atoms with Gasteiger partial charge < -0.3 is 35.8 Å². The molecule has 2 heterocycles. The summed E-state index contributed by atoms with van der Waals surface area (Å²) in [5.74, 6) is -2.32. The number of hydrogen-bond donors (Lipinski definition) is 5. The number of unbranched alkanes of at least 4 members (excludes halogenated alkanes) is 1. The standard InChI is InChI=1S/C26H36FN7O7/c27-19-6-4-18(5-7-19)24(37)28-8-2-1-3-21-26(39)31-22(15-20-16-34(10-11-35)33-32-20)25(38)29-9-12-40-13-14-41-17-23(36)30-21/h4-7,16,21-22,35H,1-3,8-15,17H2,(H,28,37)(H,29,38)(H,30,36)(H,31,39)/t21-,22+/m0/s1. The van der Waals surface area contributed by atoms with E-state index in [1.807, 2.05) is 0 Å². The maximum absolute atomic E-state index is 13.3. The molecule has 1 fully saturated rings. The Morgan fingerprint density at radius 3 is 2.61 bits per heavy atom. The van der Waals surface area contributed by atoms with Crippen molar-refractivity contribution in [2.45, 2.75) is 44.3 Å². The number of hydrogen-bond acceptors (Lipinski definition) is 9.